The summed E-state index contributed by atoms with van der Waals surface area (Å²) in [6, 6.07) is 21.2. The molecule has 4 rings (SSSR count). The Morgan fingerprint density at radius 3 is 2.68 bits per heavy atom. The number of fused-ring (bicyclic) bond motifs is 1. The highest BCUT2D eigenvalue weighted by Crippen LogP contribution is 2.29. The number of hydrazone groups is 1. The number of ether oxygens (including phenoxy) is 1. The number of hydrogen-bond donors (Lipinski definition) is 2. The van der Waals surface area contributed by atoms with Gasteiger partial charge in [-0.3, -0.25) is 5.43 Å². The molecule has 140 valence electrons. The summed E-state index contributed by atoms with van der Waals surface area (Å²) in [5.41, 5.74) is 6.64. The Balaban J connectivity index is 1.55. The van der Waals surface area contributed by atoms with Crippen LogP contribution < -0.4 is 10.2 Å². The number of aromatic nitrogens is 1. The smallest absolute Gasteiger partial charge is 0.129 e. The number of halogens is 2. The van der Waals surface area contributed by atoms with Crippen LogP contribution in [0.2, 0.25) is 10.0 Å². The molecule has 0 amide bonds. The number of nitrogens with one attached hydrogen (secondary N) is 2. The predicted molar refractivity (Wildman–Crippen MR) is 117 cm³/mol. The highest BCUT2D eigenvalue weighted by atomic mass is 35.5. The second kappa shape index (κ2) is 8.38. The number of aromatic amines is 1. The minimum absolute atomic E-state index is 0.500. The summed E-state index contributed by atoms with van der Waals surface area (Å²) >= 11 is 12.1. The van der Waals surface area contributed by atoms with Crippen molar-refractivity contribution in [2.45, 2.75) is 6.61 Å². The molecule has 0 bridgehead atoms. The van der Waals surface area contributed by atoms with E-state index in [0.717, 1.165) is 27.8 Å². The molecule has 3 aromatic carbocycles. The molecule has 0 saturated heterocycles. The normalized spacial score (nSPS) is 11.2. The zero-order chi connectivity index (χ0) is 19.3. The van der Waals surface area contributed by atoms with Gasteiger partial charge in [0.2, 0.25) is 0 Å². The van der Waals surface area contributed by atoms with Gasteiger partial charge < -0.3 is 9.72 Å². The highest BCUT2D eigenvalue weighted by Gasteiger charge is 2.09. The Kier molecular flexibility index (Phi) is 5.51. The van der Waals surface area contributed by atoms with Crippen LogP contribution in [-0.4, -0.2) is 11.2 Å². The third-order valence-electron chi connectivity index (χ3n) is 4.26. The van der Waals surface area contributed by atoms with Crippen LogP contribution in [0.1, 0.15) is 11.1 Å². The fourth-order valence-electron chi connectivity index (χ4n) is 2.89. The Morgan fingerprint density at radius 1 is 1.00 bits per heavy atom. The predicted octanol–water partition coefficient (Wildman–Crippen LogP) is 6.50. The van der Waals surface area contributed by atoms with E-state index in [1.54, 1.807) is 24.4 Å². The van der Waals surface area contributed by atoms with Crippen LogP contribution in [0, 0.1) is 0 Å². The standard InChI is InChI=1S/C22H17Cl2N3O/c23-17-9-10-19(18(24)11-17)27-26-13-16-12-25-20-7-4-8-21(22(16)20)28-14-15-5-2-1-3-6-15/h1-13,25,27H,14H2/b26-13+. The number of anilines is 1. The zero-order valence-electron chi connectivity index (χ0n) is 14.8. The van der Waals surface area contributed by atoms with Crippen molar-refractivity contribution >= 4 is 46.0 Å². The molecule has 0 fully saturated rings. The molecule has 28 heavy (non-hydrogen) atoms. The lowest BCUT2D eigenvalue weighted by atomic mass is 10.1. The molecule has 0 aliphatic carbocycles. The molecule has 1 heterocycles. The molecule has 6 heteroatoms. The Morgan fingerprint density at radius 2 is 1.86 bits per heavy atom. The van der Waals surface area contributed by atoms with Gasteiger partial charge in [0, 0.05) is 22.3 Å². The van der Waals surface area contributed by atoms with Crippen molar-refractivity contribution in [3.8, 4) is 5.75 Å². The summed E-state index contributed by atoms with van der Waals surface area (Å²) in [4.78, 5) is 3.25. The van der Waals surface area contributed by atoms with Gasteiger partial charge in [-0.15, -0.1) is 0 Å². The van der Waals surface area contributed by atoms with Gasteiger partial charge in [0.25, 0.3) is 0 Å². The fraction of sp³-hybridized carbons (Fsp3) is 0.0455. The van der Waals surface area contributed by atoms with E-state index in [0.29, 0.717) is 22.3 Å². The van der Waals surface area contributed by atoms with Gasteiger partial charge in [-0.1, -0.05) is 59.6 Å². The summed E-state index contributed by atoms with van der Waals surface area (Å²) in [5, 5.41) is 6.37. The van der Waals surface area contributed by atoms with E-state index >= 15 is 0 Å². The van der Waals surface area contributed by atoms with E-state index in [4.69, 9.17) is 27.9 Å². The van der Waals surface area contributed by atoms with Gasteiger partial charge in [-0.05, 0) is 35.9 Å². The first kappa shape index (κ1) is 18.4. The van der Waals surface area contributed by atoms with Crippen molar-refractivity contribution in [2.24, 2.45) is 5.10 Å². The van der Waals surface area contributed by atoms with E-state index in [1.807, 2.05) is 54.7 Å². The van der Waals surface area contributed by atoms with E-state index in [2.05, 4.69) is 15.5 Å². The van der Waals surface area contributed by atoms with Gasteiger partial charge in [-0.25, -0.2) is 0 Å². The second-order valence-electron chi connectivity index (χ2n) is 6.19. The molecule has 0 unspecified atom stereocenters. The monoisotopic (exact) mass is 409 g/mol. The van der Waals surface area contributed by atoms with Gasteiger partial charge in [-0.2, -0.15) is 5.10 Å². The third-order valence-corrected chi connectivity index (χ3v) is 4.80. The largest absolute Gasteiger partial charge is 0.488 e. The fourth-order valence-corrected chi connectivity index (χ4v) is 3.34. The van der Waals surface area contributed by atoms with Crippen LogP contribution >= 0.6 is 23.2 Å². The van der Waals surface area contributed by atoms with Crippen molar-refractivity contribution in [3.63, 3.8) is 0 Å². The van der Waals surface area contributed by atoms with Crippen molar-refractivity contribution < 1.29 is 4.74 Å². The second-order valence-corrected chi connectivity index (χ2v) is 7.03. The lowest BCUT2D eigenvalue weighted by Crippen LogP contribution is -1.96. The Labute approximate surface area is 172 Å². The number of H-pyrrole nitrogens is 1. The number of benzene rings is 3. The van der Waals surface area contributed by atoms with Crippen LogP contribution in [-0.2, 0) is 6.61 Å². The molecular formula is C22H17Cl2N3O. The van der Waals surface area contributed by atoms with Crippen LogP contribution in [0.5, 0.6) is 5.75 Å². The minimum atomic E-state index is 0.500. The number of rotatable bonds is 6. The van der Waals surface area contributed by atoms with Crippen molar-refractivity contribution in [1.82, 2.24) is 4.98 Å². The van der Waals surface area contributed by atoms with Crippen LogP contribution in [0.25, 0.3) is 10.9 Å². The lowest BCUT2D eigenvalue weighted by Gasteiger charge is -2.08. The van der Waals surface area contributed by atoms with Gasteiger partial charge in [0.1, 0.15) is 12.4 Å². The summed E-state index contributed by atoms with van der Waals surface area (Å²) in [7, 11) is 0. The molecule has 0 spiro atoms. The van der Waals surface area contributed by atoms with Crippen molar-refractivity contribution in [2.75, 3.05) is 5.43 Å². The van der Waals surface area contributed by atoms with Crippen LogP contribution in [0.15, 0.2) is 78.0 Å². The average molecular weight is 410 g/mol. The molecule has 0 saturated carbocycles. The number of hydrogen-bond acceptors (Lipinski definition) is 3. The maximum atomic E-state index is 6.16. The Bertz CT molecular complexity index is 1120. The molecule has 4 nitrogen and oxygen atoms in total. The van der Waals surface area contributed by atoms with E-state index in [9.17, 15) is 0 Å². The molecule has 1 aromatic heterocycles. The first-order valence-corrected chi connectivity index (χ1v) is 9.47. The average Bonchev–Trinajstić information content (AvgIpc) is 3.13. The van der Waals surface area contributed by atoms with Crippen LogP contribution in [0.3, 0.4) is 0 Å². The summed E-state index contributed by atoms with van der Waals surface area (Å²) in [5.74, 6) is 0.800. The molecule has 4 aromatic rings. The van der Waals surface area contributed by atoms with E-state index < -0.39 is 0 Å². The van der Waals surface area contributed by atoms with Gasteiger partial charge >= 0.3 is 0 Å². The third kappa shape index (κ3) is 4.14. The summed E-state index contributed by atoms with van der Waals surface area (Å²) < 4.78 is 6.06. The SMILES string of the molecule is Clc1ccc(N/N=C/c2c[nH]c3cccc(OCc4ccccc4)c23)c(Cl)c1. The number of nitrogens with zero attached hydrogens (tertiary/aromatic N) is 1. The van der Waals surface area contributed by atoms with E-state index in [-0.39, 0.29) is 0 Å². The van der Waals surface area contributed by atoms with Crippen molar-refractivity contribution in [1.29, 1.82) is 0 Å². The maximum absolute atomic E-state index is 6.16. The van der Waals surface area contributed by atoms with Crippen LogP contribution in [0.4, 0.5) is 5.69 Å². The minimum Gasteiger partial charge on any atom is -0.488 e. The molecule has 0 atom stereocenters. The molecule has 2 N–H and O–H groups in total. The molecule has 0 aliphatic heterocycles. The van der Waals surface area contributed by atoms with Gasteiger partial charge in [0.05, 0.1) is 22.3 Å². The summed E-state index contributed by atoms with van der Waals surface area (Å²) in [6.07, 6.45) is 3.63. The lowest BCUT2D eigenvalue weighted by molar-refractivity contribution is 0.310. The quantitative estimate of drug-likeness (QED) is 0.282. The molecule has 0 radical (unpaired) electrons. The highest BCUT2D eigenvalue weighted by molar-refractivity contribution is 6.36. The van der Waals surface area contributed by atoms with Gasteiger partial charge in [0.15, 0.2) is 0 Å². The first-order chi connectivity index (χ1) is 13.7. The zero-order valence-corrected chi connectivity index (χ0v) is 16.3. The first-order valence-electron chi connectivity index (χ1n) is 8.71. The molecule has 0 aliphatic rings. The maximum Gasteiger partial charge on any atom is 0.129 e. The topological polar surface area (TPSA) is 49.4 Å². The molecular weight excluding hydrogens is 393 g/mol. The van der Waals surface area contributed by atoms with Crippen molar-refractivity contribution in [3.05, 3.63) is 94.1 Å². The summed E-state index contributed by atoms with van der Waals surface area (Å²) in [6.45, 7) is 0.500. The van der Waals surface area contributed by atoms with E-state index in [1.165, 1.54) is 0 Å². The Hall–Kier alpha value is -2.95.